The van der Waals surface area contributed by atoms with E-state index in [2.05, 4.69) is 0 Å². The lowest BCUT2D eigenvalue weighted by atomic mass is 9.93. The molecule has 0 heterocycles. The number of rotatable bonds is 7. The highest BCUT2D eigenvalue weighted by atomic mass is 16.5. The van der Waals surface area contributed by atoms with Crippen molar-refractivity contribution < 1.29 is 19.7 Å². The van der Waals surface area contributed by atoms with Crippen LogP contribution in [-0.4, -0.2) is 28.5 Å². The fourth-order valence-corrected chi connectivity index (χ4v) is 2.29. The van der Waals surface area contributed by atoms with Crippen LogP contribution in [0.5, 0.6) is 0 Å². The summed E-state index contributed by atoms with van der Waals surface area (Å²) in [4.78, 5) is 12.3. The summed E-state index contributed by atoms with van der Waals surface area (Å²) in [5.41, 5.74) is 7.04. The van der Waals surface area contributed by atoms with Crippen LogP contribution in [0.15, 0.2) is 60.7 Å². The predicted molar refractivity (Wildman–Crippen MR) is 86.1 cm³/mol. The number of ether oxygens (including phenoxy) is 1. The average Bonchev–Trinajstić information content (AvgIpc) is 2.58. The molecule has 0 bridgehead atoms. The van der Waals surface area contributed by atoms with Gasteiger partial charge in [-0.25, -0.2) is 0 Å². The van der Waals surface area contributed by atoms with Gasteiger partial charge in [0.2, 0.25) is 0 Å². The number of hydrogen-bond donors (Lipinski definition) is 3. The maximum absolute atomic E-state index is 12.3. The Kier molecular flexibility index (Phi) is 6.29. The topological polar surface area (TPSA) is 92.8 Å². The van der Waals surface area contributed by atoms with Crippen molar-refractivity contribution in [3.8, 4) is 0 Å². The van der Waals surface area contributed by atoms with Crippen molar-refractivity contribution >= 4 is 5.97 Å². The third-order valence-electron chi connectivity index (χ3n) is 3.59. The quantitative estimate of drug-likeness (QED) is 0.528. The van der Waals surface area contributed by atoms with Crippen LogP contribution in [0, 0.1) is 5.92 Å². The molecule has 0 amide bonds. The third-order valence-corrected chi connectivity index (χ3v) is 3.59. The zero-order valence-electron chi connectivity index (χ0n) is 12.7. The Morgan fingerprint density at radius 3 is 2.00 bits per heavy atom. The van der Waals surface area contributed by atoms with E-state index in [-0.39, 0.29) is 13.0 Å². The minimum Gasteiger partial charge on any atom is -0.461 e. The number of benzene rings is 2. The summed E-state index contributed by atoms with van der Waals surface area (Å²) in [6, 6.07) is 18.5. The highest BCUT2D eigenvalue weighted by molar-refractivity contribution is 5.73. The van der Waals surface area contributed by atoms with Crippen LogP contribution >= 0.6 is 0 Å². The standard InChI is InChI=1S/C18H21NO4/c19-17(21)16(20)15(11-13-7-3-1-4-8-13)18(22)23-12-14-9-5-2-6-10-14/h1-10,15-17,20-21H,11-12,19H2/t15-,16?,17?/m0/s1. The molecule has 4 N–H and O–H groups in total. The summed E-state index contributed by atoms with van der Waals surface area (Å²) in [5, 5.41) is 19.5. The largest absolute Gasteiger partial charge is 0.461 e. The van der Waals surface area contributed by atoms with Crippen LogP contribution in [0.1, 0.15) is 11.1 Å². The molecule has 2 rings (SSSR count). The lowest BCUT2D eigenvalue weighted by Gasteiger charge is -2.23. The Morgan fingerprint density at radius 1 is 0.957 bits per heavy atom. The van der Waals surface area contributed by atoms with Gasteiger partial charge in [-0.15, -0.1) is 0 Å². The molecule has 5 nitrogen and oxygen atoms in total. The number of aliphatic hydroxyl groups is 2. The van der Waals surface area contributed by atoms with Crippen LogP contribution in [0.3, 0.4) is 0 Å². The molecule has 2 aromatic carbocycles. The van der Waals surface area contributed by atoms with E-state index in [0.29, 0.717) is 0 Å². The normalized spacial score (nSPS) is 14.7. The summed E-state index contributed by atoms with van der Waals surface area (Å²) < 4.78 is 5.27. The highest BCUT2D eigenvalue weighted by Crippen LogP contribution is 2.17. The lowest BCUT2D eigenvalue weighted by molar-refractivity contribution is -0.157. The Labute approximate surface area is 135 Å². The van der Waals surface area contributed by atoms with Gasteiger partial charge in [-0.3, -0.25) is 4.79 Å². The molecule has 5 heteroatoms. The van der Waals surface area contributed by atoms with Gasteiger partial charge in [-0.2, -0.15) is 0 Å². The first-order chi connectivity index (χ1) is 11.1. The average molecular weight is 315 g/mol. The molecule has 0 spiro atoms. The van der Waals surface area contributed by atoms with Gasteiger partial charge in [0.15, 0.2) is 0 Å². The van der Waals surface area contributed by atoms with Gasteiger partial charge in [0.05, 0.1) is 5.92 Å². The fourth-order valence-electron chi connectivity index (χ4n) is 2.29. The highest BCUT2D eigenvalue weighted by Gasteiger charge is 2.32. The zero-order valence-corrected chi connectivity index (χ0v) is 12.7. The molecule has 0 radical (unpaired) electrons. The van der Waals surface area contributed by atoms with Gasteiger partial charge in [-0.1, -0.05) is 60.7 Å². The monoisotopic (exact) mass is 315 g/mol. The van der Waals surface area contributed by atoms with Crippen LogP contribution in [0.2, 0.25) is 0 Å². The molecule has 0 saturated carbocycles. The second kappa shape index (κ2) is 8.43. The third kappa shape index (κ3) is 5.17. The van der Waals surface area contributed by atoms with Crippen LogP contribution in [0.25, 0.3) is 0 Å². The Bertz CT molecular complexity index is 601. The molecule has 3 atom stereocenters. The summed E-state index contributed by atoms with van der Waals surface area (Å²) in [7, 11) is 0. The van der Waals surface area contributed by atoms with Crippen molar-refractivity contribution in [2.24, 2.45) is 11.7 Å². The number of hydrogen-bond acceptors (Lipinski definition) is 5. The Morgan fingerprint density at radius 2 is 1.48 bits per heavy atom. The molecular weight excluding hydrogens is 294 g/mol. The van der Waals surface area contributed by atoms with Gasteiger partial charge in [-0.05, 0) is 17.5 Å². The van der Waals surface area contributed by atoms with E-state index in [0.717, 1.165) is 11.1 Å². The van der Waals surface area contributed by atoms with E-state index in [9.17, 15) is 15.0 Å². The van der Waals surface area contributed by atoms with Crippen molar-refractivity contribution in [1.82, 2.24) is 0 Å². The minimum atomic E-state index is -1.51. The molecule has 0 fully saturated rings. The van der Waals surface area contributed by atoms with Gasteiger partial charge in [0.25, 0.3) is 0 Å². The first-order valence-electron chi connectivity index (χ1n) is 7.44. The number of esters is 1. The number of carbonyl (C=O) groups excluding carboxylic acids is 1. The van der Waals surface area contributed by atoms with Gasteiger partial charge in [0, 0.05) is 0 Å². The van der Waals surface area contributed by atoms with Crippen molar-refractivity contribution in [3.05, 3.63) is 71.8 Å². The molecule has 2 aromatic rings. The molecular formula is C18H21NO4. The van der Waals surface area contributed by atoms with Crippen LogP contribution in [0.4, 0.5) is 0 Å². The smallest absolute Gasteiger partial charge is 0.312 e. The summed E-state index contributed by atoms with van der Waals surface area (Å²) in [5.74, 6) is -1.52. The molecule has 0 aliphatic carbocycles. The second-order valence-electron chi connectivity index (χ2n) is 5.37. The molecule has 122 valence electrons. The van der Waals surface area contributed by atoms with Crippen molar-refractivity contribution in [2.75, 3.05) is 0 Å². The minimum absolute atomic E-state index is 0.109. The Hall–Kier alpha value is -2.21. The Balaban J connectivity index is 2.05. The van der Waals surface area contributed by atoms with Crippen LogP contribution < -0.4 is 5.73 Å². The first-order valence-corrected chi connectivity index (χ1v) is 7.44. The SMILES string of the molecule is NC(O)C(O)[C@H](Cc1ccccc1)C(=O)OCc1ccccc1. The van der Waals surface area contributed by atoms with Gasteiger partial charge in [0.1, 0.15) is 18.9 Å². The number of aliphatic hydroxyl groups excluding tert-OH is 2. The fraction of sp³-hybridized carbons (Fsp3) is 0.278. The maximum Gasteiger partial charge on any atom is 0.312 e. The van der Waals surface area contributed by atoms with Crippen molar-refractivity contribution in [2.45, 2.75) is 25.4 Å². The van der Waals surface area contributed by atoms with E-state index in [1.165, 1.54) is 0 Å². The second-order valence-corrected chi connectivity index (χ2v) is 5.37. The van der Waals surface area contributed by atoms with Gasteiger partial charge < -0.3 is 20.7 Å². The predicted octanol–water partition coefficient (Wildman–Crippen LogP) is 1.23. The van der Waals surface area contributed by atoms with E-state index < -0.39 is 24.2 Å². The van der Waals surface area contributed by atoms with E-state index in [4.69, 9.17) is 10.5 Å². The summed E-state index contributed by atoms with van der Waals surface area (Å²) in [6.45, 7) is 0.109. The molecule has 0 aromatic heterocycles. The first kappa shape index (κ1) is 17.1. The zero-order chi connectivity index (χ0) is 16.7. The lowest BCUT2D eigenvalue weighted by Crippen LogP contribution is -2.44. The number of carbonyl (C=O) groups is 1. The maximum atomic E-state index is 12.3. The molecule has 0 aliphatic heterocycles. The van der Waals surface area contributed by atoms with Gasteiger partial charge >= 0.3 is 5.97 Å². The number of nitrogens with two attached hydrogens (primary N) is 1. The molecule has 0 saturated heterocycles. The van der Waals surface area contributed by atoms with E-state index in [1.807, 2.05) is 60.7 Å². The van der Waals surface area contributed by atoms with Crippen molar-refractivity contribution in [3.63, 3.8) is 0 Å². The van der Waals surface area contributed by atoms with E-state index >= 15 is 0 Å². The molecule has 0 aliphatic rings. The van der Waals surface area contributed by atoms with E-state index in [1.54, 1.807) is 0 Å². The molecule has 23 heavy (non-hydrogen) atoms. The van der Waals surface area contributed by atoms with Crippen LogP contribution in [-0.2, 0) is 22.6 Å². The molecule has 2 unspecified atom stereocenters. The van der Waals surface area contributed by atoms with Crippen molar-refractivity contribution in [1.29, 1.82) is 0 Å². The summed E-state index contributed by atoms with van der Waals surface area (Å²) in [6.07, 6.45) is -2.66. The summed E-state index contributed by atoms with van der Waals surface area (Å²) >= 11 is 0.